The molecule has 0 amide bonds. The molecule has 2 N–H and O–H groups in total. The molecule has 1 aromatic carbocycles. The Kier molecular flexibility index (Phi) is 3.85. The second kappa shape index (κ2) is 5.38. The van der Waals surface area contributed by atoms with Crippen LogP contribution in [0.15, 0.2) is 40.2 Å². The Labute approximate surface area is 118 Å². The molecule has 90 valence electrons. The molecule has 18 heavy (non-hydrogen) atoms. The number of hydrogen-bond acceptors (Lipinski definition) is 3. The molecular formula is C14H11BrN2S. The summed E-state index contributed by atoms with van der Waals surface area (Å²) in [7, 11) is 0. The molecule has 0 aliphatic rings. The lowest BCUT2D eigenvalue weighted by atomic mass is 10.1. The minimum absolute atomic E-state index is 0.506. The van der Waals surface area contributed by atoms with Crippen LogP contribution in [0.4, 0.5) is 0 Å². The van der Waals surface area contributed by atoms with Gasteiger partial charge in [0.05, 0.1) is 11.3 Å². The molecule has 1 aromatic heterocycles. The van der Waals surface area contributed by atoms with E-state index in [9.17, 15) is 5.26 Å². The van der Waals surface area contributed by atoms with E-state index in [2.05, 4.69) is 22.0 Å². The number of aryl methyl sites for hydroxylation is 1. The van der Waals surface area contributed by atoms with Gasteiger partial charge >= 0.3 is 0 Å². The molecule has 0 bridgehead atoms. The molecule has 0 atom stereocenters. The third kappa shape index (κ3) is 2.47. The van der Waals surface area contributed by atoms with Gasteiger partial charge in [0.2, 0.25) is 0 Å². The van der Waals surface area contributed by atoms with E-state index >= 15 is 0 Å². The van der Waals surface area contributed by atoms with Gasteiger partial charge in [-0.1, -0.05) is 34.1 Å². The summed E-state index contributed by atoms with van der Waals surface area (Å²) in [5, 5.41) is 11.2. The van der Waals surface area contributed by atoms with E-state index in [1.807, 2.05) is 42.6 Å². The van der Waals surface area contributed by atoms with Gasteiger partial charge in [0.15, 0.2) is 0 Å². The van der Waals surface area contributed by atoms with Crippen LogP contribution in [0.5, 0.6) is 0 Å². The molecular weight excluding hydrogens is 308 g/mol. The van der Waals surface area contributed by atoms with Crippen molar-refractivity contribution in [3.8, 4) is 6.07 Å². The number of allylic oxidation sites excluding steroid dienone is 1. The van der Waals surface area contributed by atoms with Gasteiger partial charge in [0.1, 0.15) is 6.07 Å². The number of nitrogens with two attached hydrogens (primary N) is 1. The van der Waals surface area contributed by atoms with Crippen molar-refractivity contribution in [1.82, 2.24) is 0 Å². The second-order valence-electron chi connectivity index (χ2n) is 3.86. The van der Waals surface area contributed by atoms with Gasteiger partial charge < -0.3 is 5.73 Å². The molecule has 4 heteroatoms. The highest BCUT2D eigenvalue weighted by Crippen LogP contribution is 2.30. The van der Waals surface area contributed by atoms with Crippen molar-refractivity contribution in [1.29, 1.82) is 5.26 Å². The summed E-state index contributed by atoms with van der Waals surface area (Å²) in [4.78, 5) is 0.891. The molecule has 0 saturated carbocycles. The summed E-state index contributed by atoms with van der Waals surface area (Å²) in [6.07, 6.45) is 0. The van der Waals surface area contributed by atoms with Gasteiger partial charge in [-0.15, -0.1) is 11.3 Å². The molecule has 2 rings (SSSR count). The fourth-order valence-electron chi connectivity index (χ4n) is 1.64. The first-order valence-corrected chi connectivity index (χ1v) is 7.01. The van der Waals surface area contributed by atoms with Gasteiger partial charge in [0.25, 0.3) is 0 Å². The summed E-state index contributed by atoms with van der Waals surface area (Å²) < 4.78 is 0.907. The Morgan fingerprint density at radius 3 is 2.72 bits per heavy atom. The highest BCUT2D eigenvalue weighted by Gasteiger charge is 2.11. The highest BCUT2D eigenvalue weighted by atomic mass is 79.9. The van der Waals surface area contributed by atoms with Gasteiger partial charge in [-0.2, -0.15) is 5.26 Å². The molecule has 0 aliphatic carbocycles. The average Bonchev–Trinajstić information content (AvgIpc) is 2.83. The largest absolute Gasteiger partial charge is 0.397 e. The number of thiophene rings is 1. The first-order chi connectivity index (χ1) is 8.63. The van der Waals surface area contributed by atoms with Crippen molar-refractivity contribution in [3.05, 3.63) is 56.2 Å². The van der Waals surface area contributed by atoms with E-state index < -0.39 is 0 Å². The summed E-state index contributed by atoms with van der Waals surface area (Å²) in [6.45, 7) is 2.01. The number of halogens is 1. The Bertz CT molecular complexity index is 636. The van der Waals surface area contributed by atoms with Crippen LogP contribution in [-0.2, 0) is 0 Å². The molecule has 0 spiro atoms. The van der Waals surface area contributed by atoms with Gasteiger partial charge in [0, 0.05) is 14.9 Å². The Morgan fingerprint density at radius 1 is 1.39 bits per heavy atom. The van der Waals surface area contributed by atoms with Crippen LogP contribution < -0.4 is 5.73 Å². The van der Waals surface area contributed by atoms with Crippen LogP contribution in [0.3, 0.4) is 0 Å². The Morgan fingerprint density at radius 2 is 2.17 bits per heavy atom. The normalized spacial score (nSPS) is 11.8. The van der Waals surface area contributed by atoms with E-state index in [1.165, 1.54) is 11.3 Å². The van der Waals surface area contributed by atoms with Gasteiger partial charge in [-0.05, 0) is 30.0 Å². The molecule has 2 aromatic rings. The smallest absolute Gasteiger partial charge is 0.103 e. The van der Waals surface area contributed by atoms with Gasteiger partial charge in [-0.3, -0.25) is 0 Å². The average molecular weight is 319 g/mol. The summed E-state index contributed by atoms with van der Waals surface area (Å²) in [5.74, 6) is 0. The third-order valence-electron chi connectivity index (χ3n) is 2.56. The Balaban J connectivity index is 2.58. The number of nitrogens with zero attached hydrogens (tertiary/aromatic N) is 1. The summed E-state index contributed by atoms with van der Waals surface area (Å²) in [6, 6.07) is 11.9. The predicted octanol–water partition coefficient (Wildman–Crippen LogP) is 4.17. The van der Waals surface area contributed by atoms with Crippen molar-refractivity contribution >= 4 is 38.5 Å². The summed E-state index contributed by atoms with van der Waals surface area (Å²) in [5.41, 5.74) is 9.15. The number of hydrogen-bond donors (Lipinski definition) is 1. The monoisotopic (exact) mass is 318 g/mol. The van der Waals surface area contributed by atoms with Crippen molar-refractivity contribution < 1.29 is 0 Å². The van der Waals surface area contributed by atoms with Crippen LogP contribution in [0.1, 0.15) is 16.0 Å². The number of rotatable bonds is 2. The highest BCUT2D eigenvalue weighted by molar-refractivity contribution is 9.10. The van der Waals surface area contributed by atoms with Crippen molar-refractivity contribution in [2.24, 2.45) is 5.73 Å². The standard InChI is InChI=1S/C14H11BrN2S/c1-9-4-5-10(12(15)7-9)14(17)11(8-16)13-3-2-6-18-13/h2-7H,17H2,1H3/b14-11+. The fraction of sp³-hybridized carbons (Fsp3) is 0.0714. The number of nitriles is 1. The van der Waals surface area contributed by atoms with E-state index in [0.717, 1.165) is 20.5 Å². The lowest BCUT2D eigenvalue weighted by Gasteiger charge is -2.08. The van der Waals surface area contributed by atoms with Crippen LogP contribution >= 0.6 is 27.3 Å². The zero-order chi connectivity index (χ0) is 13.1. The minimum atomic E-state index is 0.506. The first-order valence-electron chi connectivity index (χ1n) is 5.33. The predicted molar refractivity (Wildman–Crippen MR) is 79.8 cm³/mol. The quantitative estimate of drug-likeness (QED) is 0.845. The minimum Gasteiger partial charge on any atom is -0.397 e. The molecule has 0 unspecified atom stereocenters. The maximum Gasteiger partial charge on any atom is 0.103 e. The second-order valence-corrected chi connectivity index (χ2v) is 5.66. The molecule has 0 saturated heterocycles. The van der Waals surface area contributed by atoms with Crippen molar-refractivity contribution in [3.63, 3.8) is 0 Å². The van der Waals surface area contributed by atoms with Crippen LogP contribution in [0.2, 0.25) is 0 Å². The summed E-state index contributed by atoms with van der Waals surface area (Å²) >= 11 is 5.00. The zero-order valence-electron chi connectivity index (χ0n) is 9.77. The Hall–Kier alpha value is -1.57. The number of benzene rings is 1. The molecule has 0 fully saturated rings. The fourth-order valence-corrected chi connectivity index (χ4v) is 3.08. The maximum atomic E-state index is 9.28. The topological polar surface area (TPSA) is 49.8 Å². The van der Waals surface area contributed by atoms with Crippen molar-refractivity contribution in [2.75, 3.05) is 0 Å². The van der Waals surface area contributed by atoms with E-state index in [1.54, 1.807) is 0 Å². The van der Waals surface area contributed by atoms with Crippen LogP contribution in [-0.4, -0.2) is 0 Å². The molecule has 2 nitrogen and oxygen atoms in total. The first kappa shape index (κ1) is 12.9. The third-order valence-corrected chi connectivity index (χ3v) is 4.11. The van der Waals surface area contributed by atoms with Crippen molar-refractivity contribution in [2.45, 2.75) is 6.92 Å². The molecule has 0 radical (unpaired) electrons. The molecule has 1 heterocycles. The lowest BCUT2D eigenvalue weighted by Crippen LogP contribution is -2.01. The maximum absolute atomic E-state index is 9.28. The van der Waals surface area contributed by atoms with E-state index in [-0.39, 0.29) is 0 Å². The lowest BCUT2D eigenvalue weighted by molar-refractivity contribution is 1.40. The van der Waals surface area contributed by atoms with E-state index in [0.29, 0.717) is 11.3 Å². The van der Waals surface area contributed by atoms with Crippen LogP contribution in [0, 0.1) is 18.3 Å². The molecule has 0 aliphatic heterocycles. The van der Waals surface area contributed by atoms with Crippen LogP contribution in [0.25, 0.3) is 11.3 Å². The SMILES string of the molecule is Cc1ccc(/C(N)=C(/C#N)c2cccs2)c(Br)c1. The zero-order valence-corrected chi connectivity index (χ0v) is 12.2. The van der Waals surface area contributed by atoms with E-state index in [4.69, 9.17) is 5.73 Å². The van der Waals surface area contributed by atoms with Gasteiger partial charge in [-0.25, -0.2) is 0 Å².